The van der Waals surface area contributed by atoms with Crippen molar-refractivity contribution in [3.8, 4) is 0 Å². The van der Waals surface area contributed by atoms with Crippen molar-refractivity contribution in [3.63, 3.8) is 0 Å². The highest BCUT2D eigenvalue weighted by Gasteiger charge is 2.32. The van der Waals surface area contributed by atoms with Gasteiger partial charge < -0.3 is 10.4 Å². The van der Waals surface area contributed by atoms with Gasteiger partial charge in [0, 0.05) is 0 Å². The molecule has 14 heavy (non-hydrogen) atoms. The second-order valence-corrected chi connectivity index (χ2v) is 4.23. The fourth-order valence-corrected chi connectivity index (χ4v) is 2.01. The third-order valence-corrected chi connectivity index (χ3v) is 3.15. The smallest absolute Gasteiger partial charge is 0.326 e. The van der Waals surface area contributed by atoms with Gasteiger partial charge in [-0.25, -0.2) is 4.79 Å². The minimum Gasteiger partial charge on any atom is -0.480 e. The molecule has 1 saturated carbocycles. The van der Waals surface area contributed by atoms with E-state index in [1.807, 2.05) is 0 Å². The lowest BCUT2D eigenvalue weighted by Gasteiger charge is -2.31. The van der Waals surface area contributed by atoms with Crippen LogP contribution in [0.1, 0.15) is 19.3 Å². The topological polar surface area (TPSA) is 75.1 Å². The molecule has 6 heteroatoms. The maximum atomic E-state index is 11.0. The predicted octanol–water partition coefficient (Wildman–Crippen LogP) is 1.20. The van der Waals surface area contributed by atoms with Gasteiger partial charge in [0.25, 0.3) is 0 Å². The molecular weight excluding hydrogens is 202 g/mol. The van der Waals surface area contributed by atoms with Gasteiger partial charge in [-0.2, -0.15) is 0 Å². The lowest BCUT2D eigenvalue weighted by Crippen LogP contribution is -2.40. The molecule has 0 saturated heterocycles. The number of carboxylic acids is 1. The molecule has 0 aromatic carbocycles. The average molecular weight is 213 g/mol. The van der Waals surface area contributed by atoms with Crippen molar-refractivity contribution in [2.45, 2.75) is 25.3 Å². The quantitative estimate of drug-likeness (QED) is 0.786. The first-order chi connectivity index (χ1) is 6.77. The van der Waals surface area contributed by atoms with E-state index in [1.165, 1.54) is 11.3 Å². The van der Waals surface area contributed by atoms with E-state index in [1.54, 1.807) is 5.51 Å². The van der Waals surface area contributed by atoms with E-state index in [9.17, 15) is 4.79 Å². The largest absolute Gasteiger partial charge is 0.480 e. The van der Waals surface area contributed by atoms with Crippen molar-refractivity contribution in [1.82, 2.24) is 10.2 Å². The first kappa shape index (κ1) is 9.39. The minimum absolute atomic E-state index is 0.247. The summed E-state index contributed by atoms with van der Waals surface area (Å²) < 4.78 is 0. The number of hydrogen-bond donors (Lipinski definition) is 2. The highest BCUT2D eigenvalue weighted by molar-refractivity contribution is 7.13. The van der Waals surface area contributed by atoms with Crippen LogP contribution in [0.2, 0.25) is 0 Å². The van der Waals surface area contributed by atoms with Gasteiger partial charge in [0.15, 0.2) is 0 Å². The Bertz CT molecular complexity index is 310. The lowest BCUT2D eigenvalue weighted by molar-refractivity contribution is -0.139. The molecule has 2 N–H and O–H groups in total. The number of carbonyl (C=O) groups is 1. The summed E-state index contributed by atoms with van der Waals surface area (Å²) in [4.78, 5) is 11.0. The number of rotatable bonds is 4. The Morgan fingerprint density at radius 1 is 1.71 bits per heavy atom. The van der Waals surface area contributed by atoms with Crippen LogP contribution in [-0.2, 0) is 4.79 Å². The fraction of sp³-hybridized carbons (Fsp3) is 0.625. The molecule has 5 nitrogen and oxygen atoms in total. The van der Waals surface area contributed by atoms with E-state index in [4.69, 9.17) is 5.11 Å². The number of hydrogen-bond acceptors (Lipinski definition) is 5. The zero-order valence-electron chi connectivity index (χ0n) is 7.51. The number of nitrogens with one attached hydrogen (secondary N) is 1. The van der Waals surface area contributed by atoms with Crippen molar-refractivity contribution in [2.24, 2.45) is 5.92 Å². The third-order valence-electron chi connectivity index (χ3n) is 2.53. The van der Waals surface area contributed by atoms with Crippen LogP contribution in [0.4, 0.5) is 5.13 Å². The van der Waals surface area contributed by atoms with Gasteiger partial charge >= 0.3 is 5.97 Å². The molecule has 1 atom stereocenters. The normalized spacial score (nSPS) is 18.6. The van der Waals surface area contributed by atoms with Crippen molar-refractivity contribution in [1.29, 1.82) is 0 Å². The second-order valence-electron chi connectivity index (χ2n) is 3.40. The van der Waals surface area contributed by atoms with E-state index < -0.39 is 12.0 Å². The van der Waals surface area contributed by atoms with Gasteiger partial charge in [0.05, 0.1) is 0 Å². The highest BCUT2D eigenvalue weighted by atomic mass is 32.1. The van der Waals surface area contributed by atoms with Gasteiger partial charge in [-0.3, -0.25) is 0 Å². The standard InChI is InChI=1S/C8H11N3O2S/c12-7(13)6(5-2-1-3-5)10-8-11-9-4-14-8/h4-6H,1-3H2,(H,10,11)(H,12,13). The van der Waals surface area contributed by atoms with Gasteiger partial charge in [-0.05, 0) is 18.8 Å². The maximum absolute atomic E-state index is 11.0. The van der Waals surface area contributed by atoms with E-state index in [-0.39, 0.29) is 5.92 Å². The molecule has 0 amide bonds. The number of aromatic nitrogens is 2. The molecule has 0 spiro atoms. The summed E-state index contributed by atoms with van der Waals surface area (Å²) in [5.41, 5.74) is 1.59. The minimum atomic E-state index is -0.801. The SMILES string of the molecule is O=C(O)C(Nc1nncs1)C1CCC1. The summed E-state index contributed by atoms with van der Waals surface area (Å²) in [6, 6.07) is -0.503. The summed E-state index contributed by atoms with van der Waals surface area (Å²) in [6.07, 6.45) is 3.11. The van der Waals surface area contributed by atoms with Crippen LogP contribution < -0.4 is 5.32 Å². The van der Waals surface area contributed by atoms with Crippen LogP contribution in [0, 0.1) is 5.92 Å². The van der Waals surface area contributed by atoms with Gasteiger partial charge in [-0.1, -0.05) is 17.8 Å². The Labute approximate surface area is 85.2 Å². The van der Waals surface area contributed by atoms with E-state index in [0.717, 1.165) is 19.3 Å². The summed E-state index contributed by atoms with van der Waals surface area (Å²) in [5.74, 6) is -0.554. The molecular formula is C8H11N3O2S. The molecule has 0 radical (unpaired) electrons. The Morgan fingerprint density at radius 3 is 2.93 bits per heavy atom. The molecule has 1 heterocycles. The summed E-state index contributed by atoms with van der Waals surface area (Å²) in [6.45, 7) is 0. The first-order valence-electron chi connectivity index (χ1n) is 4.53. The number of carboxylic acid groups (broad SMARTS) is 1. The van der Waals surface area contributed by atoms with E-state index >= 15 is 0 Å². The van der Waals surface area contributed by atoms with Gasteiger partial charge in [0.2, 0.25) is 5.13 Å². The monoisotopic (exact) mass is 213 g/mol. The van der Waals surface area contributed by atoms with Crippen molar-refractivity contribution in [3.05, 3.63) is 5.51 Å². The molecule has 0 aliphatic heterocycles. The van der Waals surface area contributed by atoms with E-state index in [2.05, 4.69) is 15.5 Å². The van der Waals surface area contributed by atoms with Crippen molar-refractivity contribution in [2.75, 3.05) is 5.32 Å². The van der Waals surface area contributed by atoms with Gasteiger partial charge in [-0.15, -0.1) is 10.2 Å². The van der Waals surface area contributed by atoms with Crippen LogP contribution in [0.25, 0.3) is 0 Å². The van der Waals surface area contributed by atoms with Crippen LogP contribution in [0.5, 0.6) is 0 Å². The van der Waals surface area contributed by atoms with Crippen molar-refractivity contribution >= 4 is 22.4 Å². The molecule has 0 bridgehead atoms. The molecule has 1 aromatic rings. The summed E-state index contributed by atoms with van der Waals surface area (Å²) >= 11 is 1.32. The fourth-order valence-electron chi connectivity index (χ4n) is 1.52. The summed E-state index contributed by atoms with van der Waals surface area (Å²) in [7, 11) is 0. The van der Waals surface area contributed by atoms with Gasteiger partial charge in [0.1, 0.15) is 11.6 Å². The van der Waals surface area contributed by atoms with Crippen LogP contribution >= 0.6 is 11.3 Å². The second kappa shape index (κ2) is 3.91. The Hall–Kier alpha value is -1.17. The summed E-state index contributed by atoms with van der Waals surface area (Å²) in [5, 5.41) is 19.9. The predicted molar refractivity (Wildman–Crippen MR) is 52.3 cm³/mol. The zero-order valence-corrected chi connectivity index (χ0v) is 8.33. The Kier molecular flexibility index (Phi) is 2.62. The number of anilines is 1. The van der Waals surface area contributed by atoms with Crippen molar-refractivity contribution < 1.29 is 9.90 Å². The molecule has 76 valence electrons. The molecule has 1 unspecified atom stereocenters. The van der Waals surface area contributed by atoms with Crippen LogP contribution in [-0.4, -0.2) is 27.3 Å². The zero-order chi connectivity index (χ0) is 9.97. The molecule has 1 aliphatic rings. The first-order valence-corrected chi connectivity index (χ1v) is 5.41. The maximum Gasteiger partial charge on any atom is 0.326 e. The van der Waals surface area contributed by atoms with Crippen LogP contribution in [0.3, 0.4) is 0 Å². The number of nitrogens with zero attached hydrogens (tertiary/aromatic N) is 2. The lowest BCUT2D eigenvalue weighted by atomic mass is 9.80. The third kappa shape index (κ3) is 1.84. The Balaban J connectivity index is 2.00. The molecule has 1 aromatic heterocycles. The molecule has 1 fully saturated rings. The van der Waals surface area contributed by atoms with E-state index in [0.29, 0.717) is 5.13 Å². The molecule has 1 aliphatic carbocycles. The Morgan fingerprint density at radius 2 is 2.50 bits per heavy atom. The van der Waals surface area contributed by atoms with Crippen LogP contribution in [0.15, 0.2) is 5.51 Å². The highest BCUT2D eigenvalue weighted by Crippen LogP contribution is 2.31. The average Bonchev–Trinajstić information content (AvgIpc) is 2.52. The number of aliphatic carboxylic acids is 1. The molecule has 2 rings (SSSR count).